The van der Waals surface area contributed by atoms with Crippen LogP contribution < -0.4 is 5.32 Å². The van der Waals surface area contributed by atoms with Gasteiger partial charge in [0.2, 0.25) is 0 Å². The lowest BCUT2D eigenvalue weighted by Gasteiger charge is -2.20. The Morgan fingerprint density at radius 2 is 1.40 bits per heavy atom. The van der Waals surface area contributed by atoms with Crippen LogP contribution in [0.25, 0.3) is 0 Å². The first-order valence-corrected chi connectivity index (χ1v) is 10.2. The second-order valence-electron chi connectivity index (χ2n) is 7.12. The van der Waals surface area contributed by atoms with Gasteiger partial charge in [-0.1, -0.05) is 103 Å². The van der Waals surface area contributed by atoms with Crippen LogP contribution in [0.3, 0.4) is 0 Å². The van der Waals surface area contributed by atoms with Crippen LogP contribution in [0.4, 0.5) is 0 Å². The number of hydrogen-bond acceptors (Lipinski definition) is 2. The molecule has 4 aromatic rings. The van der Waals surface area contributed by atoms with Gasteiger partial charge in [-0.2, -0.15) is 5.10 Å². The summed E-state index contributed by atoms with van der Waals surface area (Å²) in [4.78, 5) is 13.3. The van der Waals surface area contributed by atoms with Crippen LogP contribution in [0.1, 0.15) is 38.8 Å². The van der Waals surface area contributed by atoms with Crippen LogP contribution in [-0.4, -0.2) is 15.7 Å². The molecule has 0 unspecified atom stereocenters. The summed E-state index contributed by atoms with van der Waals surface area (Å²) in [5.41, 5.74) is 4.09. The summed E-state index contributed by atoms with van der Waals surface area (Å²) in [5.74, 6) is -0.241. The second kappa shape index (κ2) is 8.97. The average molecular weight is 416 g/mol. The Labute approximate surface area is 181 Å². The molecule has 30 heavy (non-hydrogen) atoms. The lowest BCUT2D eigenvalue weighted by molar-refractivity contribution is 0.0942. The number of aryl methyl sites for hydroxylation is 1. The van der Waals surface area contributed by atoms with E-state index in [9.17, 15) is 4.79 Å². The molecule has 4 rings (SSSR count). The van der Waals surface area contributed by atoms with E-state index in [0.717, 1.165) is 16.7 Å². The summed E-state index contributed by atoms with van der Waals surface area (Å²) in [6, 6.07) is 29.4. The number of benzene rings is 3. The molecule has 1 aromatic heterocycles. The van der Waals surface area contributed by atoms with Crippen LogP contribution in [0.15, 0.2) is 91.0 Å². The van der Waals surface area contributed by atoms with E-state index < -0.39 is 0 Å². The van der Waals surface area contributed by atoms with Crippen molar-refractivity contribution in [2.45, 2.75) is 19.5 Å². The number of aromatic nitrogens is 2. The highest BCUT2D eigenvalue weighted by Crippen LogP contribution is 2.25. The third kappa shape index (κ3) is 4.29. The minimum absolute atomic E-state index is 0.241. The van der Waals surface area contributed by atoms with Gasteiger partial charge in [0.1, 0.15) is 5.15 Å². The van der Waals surface area contributed by atoms with Crippen molar-refractivity contribution in [3.8, 4) is 0 Å². The third-order valence-electron chi connectivity index (χ3n) is 5.01. The molecule has 0 bridgehead atoms. The van der Waals surface area contributed by atoms with E-state index in [1.807, 2.05) is 97.9 Å². The average Bonchev–Trinajstić information content (AvgIpc) is 3.06. The molecule has 0 atom stereocenters. The third-order valence-corrected chi connectivity index (χ3v) is 5.39. The highest BCUT2D eigenvalue weighted by atomic mass is 35.5. The van der Waals surface area contributed by atoms with Crippen LogP contribution >= 0.6 is 11.6 Å². The molecule has 4 nitrogen and oxygen atoms in total. The predicted molar refractivity (Wildman–Crippen MR) is 120 cm³/mol. The zero-order chi connectivity index (χ0) is 20.9. The highest BCUT2D eigenvalue weighted by Gasteiger charge is 2.24. The summed E-state index contributed by atoms with van der Waals surface area (Å²) >= 11 is 6.59. The molecular weight excluding hydrogens is 394 g/mol. The summed E-state index contributed by atoms with van der Waals surface area (Å²) in [7, 11) is 0. The minimum atomic E-state index is -0.284. The van der Waals surface area contributed by atoms with E-state index in [1.165, 1.54) is 0 Å². The number of nitrogens with zero attached hydrogens (tertiary/aromatic N) is 2. The molecule has 0 aliphatic carbocycles. The second-order valence-corrected chi connectivity index (χ2v) is 7.48. The topological polar surface area (TPSA) is 46.9 Å². The first kappa shape index (κ1) is 19.9. The molecule has 5 heteroatoms. The molecule has 0 aliphatic rings. The maximum atomic E-state index is 13.3. The Morgan fingerprint density at radius 1 is 0.900 bits per heavy atom. The summed E-state index contributed by atoms with van der Waals surface area (Å²) in [6.07, 6.45) is 0. The fourth-order valence-corrected chi connectivity index (χ4v) is 3.85. The van der Waals surface area contributed by atoms with Crippen molar-refractivity contribution < 1.29 is 4.79 Å². The Kier molecular flexibility index (Phi) is 5.96. The maximum Gasteiger partial charge on any atom is 0.257 e. The van der Waals surface area contributed by atoms with Crippen molar-refractivity contribution in [1.82, 2.24) is 15.1 Å². The zero-order valence-corrected chi connectivity index (χ0v) is 17.4. The SMILES string of the molecule is Cc1nn(Cc2ccccc2)c(Cl)c1C(=O)NC(c1ccccc1)c1ccccc1. The van der Waals surface area contributed by atoms with Crippen molar-refractivity contribution in [2.75, 3.05) is 0 Å². The fraction of sp³-hybridized carbons (Fsp3) is 0.120. The Balaban J connectivity index is 1.63. The van der Waals surface area contributed by atoms with Crippen LogP contribution in [0.5, 0.6) is 0 Å². The van der Waals surface area contributed by atoms with Gasteiger partial charge in [0, 0.05) is 0 Å². The molecule has 0 saturated carbocycles. The first-order valence-electron chi connectivity index (χ1n) is 9.81. The number of carbonyl (C=O) groups excluding carboxylic acids is 1. The smallest absolute Gasteiger partial charge is 0.257 e. The lowest BCUT2D eigenvalue weighted by atomic mass is 9.98. The van der Waals surface area contributed by atoms with Crippen LogP contribution in [0, 0.1) is 6.92 Å². The van der Waals surface area contributed by atoms with Crippen molar-refractivity contribution in [3.63, 3.8) is 0 Å². The van der Waals surface area contributed by atoms with Crippen LogP contribution in [0.2, 0.25) is 5.15 Å². The quantitative estimate of drug-likeness (QED) is 0.457. The van der Waals surface area contributed by atoms with E-state index in [-0.39, 0.29) is 11.9 Å². The molecule has 0 saturated heterocycles. The largest absolute Gasteiger partial charge is 0.341 e. The van der Waals surface area contributed by atoms with Crippen molar-refractivity contribution in [3.05, 3.63) is 124 Å². The minimum Gasteiger partial charge on any atom is -0.341 e. The van der Waals surface area contributed by atoms with Gasteiger partial charge in [-0.05, 0) is 23.6 Å². The van der Waals surface area contributed by atoms with E-state index in [2.05, 4.69) is 10.4 Å². The van der Waals surface area contributed by atoms with Crippen molar-refractivity contribution in [1.29, 1.82) is 0 Å². The van der Waals surface area contributed by atoms with Crippen molar-refractivity contribution in [2.24, 2.45) is 0 Å². The van der Waals surface area contributed by atoms with E-state index in [1.54, 1.807) is 4.68 Å². The number of rotatable bonds is 6. The van der Waals surface area contributed by atoms with Gasteiger partial charge < -0.3 is 5.32 Å². The molecule has 0 aliphatic heterocycles. The van der Waals surface area contributed by atoms with Gasteiger partial charge in [0.15, 0.2) is 0 Å². The first-order chi connectivity index (χ1) is 14.6. The summed E-state index contributed by atoms with van der Waals surface area (Å²) < 4.78 is 1.67. The Hall–Kier alpha value is -3.37. The number of nitrogens with one attached hydrogen (secondary N) is 1. The van der Waals surface area contributed by atoms with Crippen LogP contribution in [-0.2, 0) is 6.54 Å². The molecule has 1 heterocycles. The monoisotopic (exact) mass is 415 g/mol. The van der Waals surface area contributed by atoms with E-state index in [4.69, 9.17) is 11.6 Å². The molecule has 1 N–H and O–H groups in total. The van der Waals surface area contributed by atoms with Gasteiger partial charge >= 0.3 is 0 Å². The Morgan fingerprint density at radius 3 is 1.93 bits per heavy atom. The molecule has 0 fully saturated rings. The van der Waals surface area contributed by atoms with Crippen molar-refractivity contribution >= 4 is 17.5 Å². The molecule has 0 radical (unpaired) electrons. The Bertz CT molecular complexity index is 1090. The van der Waals surface area contributed by atoms with E-state index >= 15 is 0 Å². The summed E-state index contributed by atoms with van der Waals surface area (Å²) in [5, 5.41) is 7.99. The molecular formula is C25H22ClN3O. The van der Waals surface area contributed by atoms with E-state index in [0.29, 0.717) is 23.0 Å². The molecule has 150 valence electrons. The highest BCUT2D eigenvalue weighted by molar-refractivity contribution is 6.33. The number of hydrogen-bond donors (Lipinski definition) is 1. The molecule has 0 spiro atoms. The number of carbonyl (C=O) groups is 1. The number of halogens is 1. The fourth-order valence-electron chi connectivity index (χ4n) is 3.53. The number of amides is 1. The molecule has 3 aromatic carbocycles. The summed E-state index contributed by atoms with van der Waals surface area (Å²) in [6.45, 7) is 2.32. The zero-order valence-electron chi connectivity index (χ0n) is 16.6. The predicted octanol–water partition coefficient (Wildman–Crippen LogP) is 5.41. The van der Waals surface area contributed by atoms with Gasteiger partial charge in [-0.15, -0.1) is 0 Å². The van der Waals surface area contributed by atoms with Gasteiger partial charge in [-0.3, -0.25) is 4.79 Å². The molecule has 1 amide bonds. The lowest BCUT2D eigenvalue weighted by Crippen LogP contribution is -2.29. The van der Waals surface area contributed by atoms with Gasteiger partial charge in [0.25, 0.3) is 5.91 Å². The maximum absolute atomic E-state index is 13.3. The van der Waals surface area contributed by atoms with Gasteiger partial charge in [0.05, 0.1) is 23.8 Å². The standard InChI is InChI=1S/C25H22ClN3O/c1-18-22(24(26)29(28-18)17-19-11-5-2-6-12-19)25(30)27-23(20-13-7-3-8-14-20)21-15-9-4-10-16-21/h2-16,23H,17H2,1H3,(H,27,30). The van der Waals surface area contributed by atoms with Gasteiger partial charge in [-0.25, -0.2) is 4.68 Å². The normalized spacial score (nSPS) is 10.9.